The summed E-state index contributed by atoms with van der Waals surface area (Å²) in [7, 11) is 0. The third kappa shape index (κ3) is 3.64. The van der Waals surface area contributed by atoms with Crippen LogP contribution < -0.4 is 0 Å². The van der Waals surface area contributed by atoms with Gasteiger partial charge in [-0.3, -0.25) is 4.79 Å². The van der Waals surface area contributed by atoms with Gasteiger partial charge in [0, 0.05) is 0 Å². The van der Waals surface area contributed by atoms with Gasteiger partial charge < -0.3 is 9.84 Å². The zero-order valence-corrected chi connectivity index (χ0v) is 9.49. The van der Waals surface area contributed by atoms with Crippen molar-refractivity contribution in [2.45, 2.75) is 32.8 Å². The van der Waals surface area contributed by atoms with Crippen LogP contribution in [0.15, 0.2) is 11.9 Å². The van der Waals surface area contributed by atoms with Gasteiger partial charge in [-0.25, -0.2) is 4.79 Å². The number of ether oxygens (including phenoxy) is 1. The molecule has 1 fully saturated rings. The molecule has 0 spiro atoms. The van der Waals surface area contributed by atoms with Crippen LogP contribution in [0.3, 0.4) is 0 Å². The lowest BCUT2D eigenvalue weighted by Crippen LogP contribution is -2.24. The van der Waals surface area contributed by atoms with Crippen molar-refractivity contribution in [3.63, 3.8) is 0 Å². The van der Waals surface area contributed by atoms with E-state index in [4.69, 9.17) is 9.84 Å². The molecule has 0 heterocycles. The Morgan fingerprint density at radius 1 is 1.44 bits per heavy atom. The highest BCUT2D eigenvalue weighted by Gasteiger charge is 2.42. The van der Waals surface area contributed by atoms with Crippen LogP contribution in [-0.4, -0.2) is 22.6 Å². The minimum Gasteiger partial charge on any atom is -0.481 e. The van der Waals surface area contributed by atoms with Crippen molar-refractivity contribution in [1.82, 2.24) is 0 Å². The van der Waals surface area contributed by atoms with Crippen LogP contribution >= 0.6 is 0 Å². The third-order valence-electron chi connectivity index (χ3n) is 2.11. The van der Waals surface area contributed by atoms with Gasteiger partial charge in [0.15, 0.2) is 0 Å². The van der Waals surface area contributed by atoms with Crippen LogP contribution in [0.5, 0.6) is 0 Å². The van der Waals surface area contributed by atoms with Gasteiger partial charge in [0.05, 0.1) is 5.92 Å². The van der Waals surface area contributed by atoms with E-state index in [9.17, 15) is 14.0 Å². The number of carbonyl (C=O) groups excluding carboxylic acids is 1. The average Bonchev–Trinajstić information content (AvgIpc) is 2.80. The van der Waals surface area contributed by atoms with Gasteiger partial charge in [0.2, 0.25) is 5.83 Å². The van der Waals surface area contributed by atoms with E-state index in [2.05, 4.69) is 0 Å². The highest BCUT2D eigenvalue weighted by atomic mass is 19.1. The number of esters is 1. The first kappa shape index (κ1) is 12.7. The molecule has 0 amide bonds. The van der Waals surface area contributed by atoms with Crippen molar-refractivity contribution in [3.8, 4) is 0 Å². The summed E-state index contributed by atoms with van der Waals surface area (Å²) in [5.74, 6) is -3.95. The molecule has 0 aromatic heterocycles. The monoisotopic (exact) mass is 230 g/mol. The highest BCUT2D eigenvalue weighted by molar-refractivity contribution is 5.86. The minimum absolute atomic E-state index is 0.381. The zero-order chi connectivity index (χ0) is 12.5. The van der Waals surface area contributed by atoms with E-state index in [1.54, 1.807) is 20.8 Å². The maximum atomic E-state index is 13.2. The Bertz CT molecular complexity index is 340. The lowest BCUT2D eigenvalue weighted by Gasteiger charge is -2.18. The lowest BCUT2D eigenvalue weighted by atomic mass is 10.2. The Kier molecular flexibility index (Phi) is 3.35. The first-order valence-electron chi connectivity index (χ1n) is 5.04. The molecule has 1 aliphatic carbocycles. The number of carboxylic acid groups (broad SMARTS) is 1. The van der Waals surface area contributed by atoms with Crippen molar-refractivity contribution in [2.75, 3.05) is 0 Å². The van der Waals surface area contributed by atoms with Crippen molar-refractivity contribution in [1.29, 1.82) is 0 Å². The molecule has 90 valence electrons. The molecule has 0 aromatic rings. The van der Waals surface area contributed by atoms with E-state index in [-0.39, 0.29) is 5.92 Å². The second-order valence-electron chi connectivity index (χ2n) is 4.86. The minimum atomic E-state index is -1.04. The molecule has 16 heavy (non-hydrogen) atoms. The maximum Gasteiger partial charge on any atom is 0.367 e. The van der Waals surface area contributed by atoms with E-state index in [1.165, 1.54) is 0 Å². The lowest BCUT2D eigenvalue weighted by molar-refractivity contribution is -0.151. The van der Waals surface area contributed by atoms with Crippen LogP contribution in [0.1, 0.15) is 27.2 Å². The van der Waals surface area contributed by atoms with E-state index in [1.807, 2.05) is 0 Å². The van der Waals surface area contributed by atoms with E-state index >= 15 is 0 Å². The first-order chi connectivity index (χ1) is 7.20. The van der Waals surface area contributed by atoms with Crippen molar-refractivity contribution < 1.29 is 23.8 Å². The van der Waals surface area contributed by atoms with Gasteiger partial charge >= 0.3 is 11.9 Å². The number of hydrogen-bond donors (Lipinski definition) is 1. The predicted octanol–water partition coefficient (Wildman–Crippen LogP) is 1.90. The van der Waals surface area contributed by atoms with Gasteiger partial charge in [-0.05, 0) is 39.2 Å². The number of halogens is 1. The number of hydrogen-bond acceptors (Lipinski definition) is 3. The van der Waals surface area contributed by atoms with Crippen LogP contribution in [0.2, 0.25) is 0 Å². The summed E-state index contributed by atoms with van der Waals surface area (Å²) in [5, 5.41) is 8.59. The quantitative estimate of drug-likeness (QED) is 0.594. The topological polar surface area (TPSA) is 63.6 Å². The standard InChI is InChI=1S/C11H15FO4/c1-11(2,3)16-10(15)8(12)5-6-4-7(6)9(13)14/h5-7H,4H2,1-3H3,(H,13,14). The SMILES string of the molecule is CC(C)(C)OC(=O)C(F)=CC1CC1C(=O)O. The molecule has 2 unspecified atom stereocenters. The molecule has 0 aliphatic heterocycles. The Hall–Kier alpha value is -1.39. The normalized spacial score (nSPS) is 25.1. The third-order valence-corrected chi connectivity index (χ3v) is 2.11. The molecule has 1 saturated carbocycles. The van der Waals surface area contributed by atoms with Crippen molar-refractivity contribution >= 4 is 11.9 Å². The second kappa shape index (κ2) is 4.23. The van der Waals surface area contributed by atoms with Crippen LogP contribution in [-0.2, 0) is 14.3 Å². The number of rotatable bonds is 3. The molecule has 1 N–H and O–H groups in total. The second-order valence-corrected chi connectivity index (χ2v) is 4.86. The highest BCUT2D eigenvalue weighted by Crippen LogP contribution is 2.40. The maximum absolute atomic E-state index is 13.2. The molecular weight excluding hydrogens is 215 g/mol. The Balaban J connectivity index is 2.52. The number of carbonyl (C=O) groups is 2. The van der Waals surface area contributed by atoms with Crippen molar-refractivity contribution in [3.05, 3.63) is 11.9 Å². The first-order valence-corrected chi connectivity index (χ1v) is 5.04. The summed E-state index contributed by atoms with van der Waals surface area (Å²) in [5.41, 5.74) is -0.752. The fourth-order valence-electron chi connectivity index (χ4n) is 1.27. The number of allylic oxidation sites excluding steroid dienone is 1. The summed E-state index contributed by atoms with van der Waals surface area (Å²) < 4.78 is 18.0. The fraction of sp³-hybridized carbons (Fsp3) is 0.636. The molecular formula is C11H15FO4. The Morgan fingerprint density at radius 2 is 2.00 bits per heavy atom. The van der Waals surface area contributed by atoms with Crippen LogP contribution in [0, 0.1) is 11.8 Å². The number of carboxylic acids is 1. The summed E-state index contributed by atoms with van der Waals surface area (Å²) in [6.07, 6.45) is 1.42. The van der Waals surface area contributed by atoms with Crippen molar-refractivity contribution in [2.24, 2.45) is 11.8 Å². The molecule has 0 saturated heterocycles. The Morgan fingerprint density at radius 3 is 2.38 bits per heavy atom. The molecule has 4 nitrogen and oxygen atoms in total. The fourth-order valence-corrected chi connectivity index (χ4v) is 1.27. The number of aliphatic carboxylic acids is 1. The molecule has 0 aromatic carbocycles. The van der Waals surface area contributed by atoms with E-state index in [0.717, 1.165) is 6.08 Å². The molecule has 0 bridgehead atoms. The average molecular weight is 230 g/mol. The largest absolute Gasteiger partial charge is 0.481 e. The smallest absolute Gasteiger partial charge is 0.367 e. The van der Waals surface area contributed by atoms with Gasteiger partial charge in [0.25, 0.3) is 0 Å². The molecule has 2 atom stereocenters. The predicted molar refractivity (Wildman–Crippen MR) is 54.3 cm³/mol. The summed E-state index contributed by atoms with van der Waals surface area (Å²) in [6.45, 7) is 4.90. The van der Waals surface area contributed by atoms with Gasteiger partial charge in [-0.15, -0.1) is 0 Å². The van der Waals surface area contributed by atoms with Gasteiger partial charge in [0.1, 0.15) is 5.60 Å². The molecule has 0 radical (unpaired) electrons. The zero-order valence-electron chi connectivity index (χ0n) is 9.49. The van der Waals surface area contributed by atoms with E-state index < -0.39 is 29.3 Å². The van der Waals surface area contributed by atoms with Gasteiger partial charge in [-0.1, -0.05) is 0 Å². The molecule has 1 rings (SSSR count). The van der Waals surface area contributed by atoms with Crippen LogP contribution in [0.4, 0.5) is 4.39 Å². The van der Waals surface area contributed by atoms with Gasteiger partial charge in [-0.2, -0.15) is 4.39 Å². The molecule has 1 aliphatic rings. The summed E-state index contributed by atoms with van der Waals surface area (Å²) in [4.78, 5) is 21.7. The molecule has 5 heteroatoms. The van der Waals surface area contributed by atoms with Crippen LogP contribution in [0.25, 0.3) is 0 Å². The van der Waals surface area contributed by atoms with E-state index in [0.29, 0.717) is 6.42 Å². The summed E-state index contributed by atoms with van der Waals surface area (Å²) in [6, 6.07) is 0. The Labute approximate surface area is 93.1 Å². The summed E-state index contributed by atoms with van der Waals surface area (Å²) >= 11 is 0.